The fraction of sp³-hybridized carbons (Fsp3) is 0.833. The highest BCUT2D eigenvalue weighted by atomic mass is 16.3. The molecule has 0 aromatic heterocycles. The first-order valence-electron chi connectivity index (χ1n) is 2.57. The molecule has 2 nitrogen and oxygen atoms in total. The van der Waals surface area contributed by atoms with Crippen LogP contribution in [-0.2, 0) is 5.11 Å². The lowest BCUT2D eigenvalue weighted by Crippen LogP contribution is -2.13. The molecule has 0 saturated heterocycles. The molecule has 0 N–H and O–H groups in total. The van der Waals surface area contributed by atoms with Gasteiger partial charge in [-0.2, -0.15) is 5.26 Å². The lowest BCUT2D eigenvalue weighted by atomic mass is 9.92. The highest BCUT2D eigenvalue weighted by molar-refractivity contribution is 4.81. The molecule has 0 aromatic carbocycles. The fourth-order valence-corrected chi connectivity index (χ4v) is 0.265. The first-order valence-corrected chi connectivity index (χ1v) is 2.57. The first-order chi connectivity index (χ1) is 3.62. The Morgan fingerprint density at radius 1 is 1.62 bits per heavy atom. The van der Waals surface area contributed by atoms with Crippen LogP contribution in [0.4, 0.5) is 0 Å². The van der Waals surface area contributed by atoms with E-state index in [0.29, 0.717) is 6.42 Å². The molecule has 0 aliphatic carbocycles. The van der Waals surface area contributed by atoms with Gasteiger partial charge in [0.1, 0.15) is 0 Å². The van der Waals surface area contributed by atoms with Gasteiger partial charge in [-0.25, -0.2) is 5.11 Å². The lowest BCUT2D eigenvalue weighted by molar-refractivity contribution is 0.0962. The van der Waals surface area contributed by atoms with Crippen LogP contribution >= 0.6 is 0 Å². The molecule has 0 spiro atoms. The Labute approximate surface area is 49.8 Å². The number of hydrogen-bond donors (Lipinski definition) is 0. The summed E-state index contributed by atoms with van der Waals surface area (Å²) in [5, 5.41) is 18.3. The molecular formula is C6H10NO. The number of rotatable bonds is 2. The van der Waals surface area contributed by atoms with Crippen LogP contribution in [0.3, 0.4) is 0 Å². The highest BCUT2D eigenvalue weighted by Gasteiger charge is 2.15. The maximum atomic E-state index is 10.2. The second-order valence-electron chi connectivity index (χ2n) is 2.64. The Balaban J connectivity index is 3.58. The van der Waals surface area contributed by atoms with Crippen LogP contribution in [-0.4, -0.2) is 6.61 Å². The van der Waals surface area contributed by atoms with Gasteiger partial charge in [-0.1, -0.05) is 13.8 Å². The number of nitrogens with zero attached hydrogens (tertiary/aromatic N) is 1. The second kappa shape index (κ2) is 2.68. The zero-order valence-corrected chi connectivity index (χ0v) is 5.27. The van der Waals surface area contributed by atoms with Gasteiger partial charge in [-0.3, -0.25) is 0 Å². The molecule has 0 atom stereocenters. The van der Waals surface area contributed by atoms with Gasteiger partial charge in [0, 0.05) is 11.8 Å². The summed E-state index contributed by atoms with van der Waals surface area (Å²) in [7, 11) is 0. The Morgan fingerprint density at radius 2 is 2.12 bits per heavy atom. The van der Waals surface area contributed by atoms with Crippen molar-refractivity contribution in [1.29, 1.82) is 5.26 Å². The summed E-state index contributed by atoms with van der Waals surface area (Å²) >= 11 is 0. The summed E-state index contributed by atoms with van der Waals surface area (Å²) in [5.41, 5.74) is -0.325. The smallest absolute Gasteiger partial charge is 0.0883 e. The molecule has 0 unspecified atom stereocenters. The third-order valence-corrected chi connectivity index (χ3v) is 0.948. The topological polar surface area (TPSA) is 43.7 Å². The Hall–Kier alpha value is -0.550. The van der Waals surface area contributed by atoms with E-state index in [-0.39, 0.29) is 12.0 Å². The van der Waals surface area contributed by atoms with Crippen LogP contribution in [0, 0.1) is 16.7 Å². The van der Waals surface area contributed by atoms with Gasteiger partial charge in [-0.15, -0.1) is 0 Å². The SMILES string of the molecule is CC(C)(C[O])CC#N. The first kappa shape index (κ1) is 7.45. The number of hydrogen-bond acceptors (Lipinski definition) is 1. The molecule has 2 heteroatoms. The van der Waals surface area contributed by atoms with Gasteiger partial charge < -0.3 is 0 Å². The van der Waals surface area contributed by atoms with Crippen LogP contribution < -0.4 is 0 Å². The lowest BCUT2D eigenvalue weighted by Gasteiger charge is -2.14. The summed E-state index contributed by atoms with van der Waals surface area (Å²) < 4.78 is 0. The normalized spacial score (nSPS) is 10.8. The second-order valence-corrected chi connectivity index (χ2v) is 2.64. The van der Waals surface area contributed by atoms with Crippen LogP contribution in [0.1, 0.15) is 20.3 Å². The molecule has 0 amide bonds. The van der Waals surface area contributed by atoms with Gasteiger partial charge in [0.25, 0.3) is 0 Å². The predicted octanol–water partition coefficient (Wildman–Crippen LogP) is 1.36. The molecule has 0 saturated carbocycles. The minimum Gasteiger partial charge on any atom is -0.236 e. The molecule has 8 heavy (non-hydrogen) atoms. The van der Waals surface area contributed by atoms with E-state index in [0.717, 1.165) is 0 Å². The molecular weight excluding hydrogens is 102 g/mol. The summed E-state index contributed by atoms with van der Waals surface area (Å²) in [6.45, 7) is 3.42. The van der Waals surface area contributed by atoms with Crippen molar-refractivity contribution in [3.63, 3.8) is 0 Å². The minimum atomic E-state index is -0.325. The van der Waals surface area contributed by atoms with E-state index in [2.05, 4.69) is 0 Å². The van der Waals surface area contributed by atoms with Crippen molar-refractivity contribution < 1.29 is 5.11 Å². The zero-order valence-electron chi connectivity index (χ0n) is 5.27. The van der Waals surface area contributed by atoms with Gasteiger partial charge in [0.15, 0.2) is 0 Å². The van der Waals surface area contributed by atoms with Crippen molar-refractivity contribution in [3.05, 3.63) is 0 Å². The van der Waals surface area contributed by atoms with Gasteiger partial charge in [0.05, 0.1) is 12.7 Å². The van der Waals surface area contributed by atoms with E-state index in [4.69, 9.17) is 5.26 Å². The average molecular weight is 112 g/mol. The maximum absolute atomic E-state index is 10.2. The van der Waals surface area contributed by atoms with Crippen LogP contribution in [0.2, 0.25) is 0 Å². The fourth-order valence-electron chi connectivity index (χ4n) is 0.265. The van der Waals surface area contributed by atoms with Crippen LogP contribution in [0.5, 0.6) is 0 Å². The summed E-state index contributed by atoms with van der Waals surface area (Å²) in [5.74, 6) is 0. The van der Waals surface area contributed by atoms with Crippen LogP contribution in [0.15, 0.2) is 0 Å². The molecule has 45 valence electrons. The van der Waals surface area contributed by atoms with E-state index in [1.165, 1.54) is 0 Å². The summed E-state index contributed by atoms with van der Waals surface area (Å²) in [4.78, 5) is 0. The Bertz CT molecular complexity index is 102. The minimum absolute atomic E-state index is 0.166. The van der Waals surface area contributed by atoms with Crippen molar-refractivity contribution in [1.82, 2.24) is 0 Å². The quantitative estimate of drug-likeness (QED) is 0.531. The summed E-state index contributed by atoms with van der Waals surface area (Å²) in [6.07, 6.45) is 0.358. The van der Waals surface area contributed by atoms with E-state index >= 15 is 0 Å². The van der Waals surface area contributed by atoms with Crippen LogP contribution in [0.25, 0.3) is 0 Å². The third kappa shape index (κ3) is 2.59. The Morgan fingerprint density at radius 3 is 2.25 bits per heavy atom. The number of nitriles is 1. The molecule has 0 aliphatic rings. The Kier molecular flexibility index (Phi) is 2.50. The molecule has 0 aromatic rings. The van der Waals surface area contributed by atoms with Crippen molar-refractivity contribution in [2.24, 2.45) is 5.41 Å². The largest absolute Gasteiger partial charge is 0.236 e. The highest BCUT2D eigenvalue weighted by Crippen LogP contribution is 2.17. The van der Waals surface area contributed by atoms with E-state index in [9.17, 15) is 5.11 Å². The van der Waals surface area contributed by atoms with E-state index in [1.54, 1.807) is 13.8 Å². The predicted molar refractivity (Wildman–Crippen MR) is 29.6 cm³/mol. The molecule has 0 fully saturated rings. The van der Waals surface area contributed by atoms with Crippen molar-refractivity contribution >= 4 is 0 Å². The van der Waals surface area contributed by atoms with Crippen molar-refractivity contribution in [2.45, 2.75) is 20.3 Å². The molecule has 0 aliphatic heterocycles. The standard InChI is InChI=1S/C6H10NO/c1-6(2,5-8)3-4-7/h3,5H2,1-2H3. The van der Waals surface area contributed by atoms with Crippen molar-refractivity contribution in [2.75, 3.05) is 6.61 Å². The molecule has 1 radical (unpaired) electrons. The van der Waals surface area contributed by atoms with Crippen molar-refractivity contribution in [3.8, 4) is 6.07 Å². The average Bonchev–Trinajstić information content (AvgIpc) is 1.67. The zero-order chi connectivity index (χ0) is 6.62. The monoisotopic (exact) mass is 112 g/mol. The third-order valence-electron chi connectivity index (χ3n) is 0.948. The maximum Gasteiger partial charge on any atom is 0.0883 e. The molecule has 0 heterocycles. The molecule has 0 bridgehead atoms. The van der Waals surface area contributed by atoms with Gasteiger partial charge in [-0.05, 0) is 0 Å². The van der Waals surface area contributed by atoms with Gasteiger partial charge >= 0.3 is 0 Å². The molecule has 0 rings (SSSR count). The van der Waals surface area contributed by atoms with E-state index in [1.807, 2.05) is 6.07 Å². The van der Waals surface area contributed by atoms with Gasteiger partial charge in [0.2, 0.25) is 0 Å². The van der Waals surface area contributed by atoms with E-state index < -0.39 is 0 Å². The summed E-state index contributed by atoms with van der Waals surface area (Å²) in [6, 6.07) is 1.96.